The number of thiophene rings is 2. The average Bonchev–Trinajstić information content (AvgIpc) is 2.95. The molecule has 2 heterocycles. The van der Waals surface area contributed by atoms with Gasteiger partial charge in [-0.25, -0.2) is 13.1 Å². The summed E-state index contributed by atoms with van der Waals surface area (Å²) in [5.41, 5.74) is 0.928. The molecule has 0 unspecified atom stereocenters. The standard InChI is InChI=1S/C10H10BrNO3S3/c11-10-9(3-8(5-13)17-10)18(14,15)12-4-7-1-2-16-6-7/h1-3,6,12-13H,4-5H2. The quantitative estimate of drug-likeness (QED) is 0.853. The first-order chi connectivity index (χ1) is 8.53. The van der Waals surface area contributed by atoms with Gasteiger partial charge in [0.1, 0.15) is 4.90 Å². The molecule has 0 atom stereocenters. The van der Waals surface area contributed by atoms with Crippen LogP contribution >= 0.6 is 38.6 Å². The Bertz CT molecular complexity index is 619. The Morgan fingerprint density at radius 3 is 2.78 bits per heavy atom. The van der Waals surface area contributed by atoms with Crippen LogP contribution in [0.4, 0.5) is 0 Å². The normalized spacial score (nSPS) is 11.9. The van der Waals surface area contributed by atoms with Gasteiger partial charge in [0.05, 0.1) is 10.4 Å². The highest BCUT2D eigenvalue weighted by molar-refractivity contribution is 9.11. The highest BCUT2D eigenvalue weighted by atomic mass is 79.9. The molecule has 18 heavy (non-hydrogen) atoms. The molecule has 0 aromatic carbocycles. The van der Waals surface area contributed by atoms with Crippen molar-refractivity contribution in [3.05, 3.63) is 37.1 Å². The smallest absolute Gasteiger partial charge is 0.242 e. The summed E-state index contributed by atoms with van der Waals surface area (Å²) in [4.78, 5) is 0.782. The second-order valence-electron chi connectivity index (χ2n) is 3.46. The van der Waals surface area contributed by atoms with E-state index in [1.54, 1.807) is 0 Å². The third-order valence-corrected chi connectivity index (χ3v) is 6.57. The van der Waals surface area contributed by atoms with Crippen LogP contribution in [0, 0.1) is 0 Å². The van der Waals surface area contributed by atoms with E-state index in [0.717, 1.165) is 5.56 Å². The summed E-state index contributed by atoms with van der Waals surface area (Å²) in [7, 11) is -3.55. The fourth-order valence-corrected chi connectivity index (χ4v) is 5.54. The minimum atomic E-state index is -3.55. The summed E-state index contributed by atoms with van der Waals surface area (Å²) >= 11 is 5.94. The molecule has 0 fully saturated rings. The highest BCUT2D eigenvalue weighted by Crippen LogP contribution is 2.31. The molecule has 4 nitrogen and oxygen atoms in total. The second kappa shape index (κ2) is 5.81. The number of nitrogens with one attached hydrogen (secondary N) is 1. The Balaban J connectivity index is 2.17. The average molecular weight is 368 g/mol. The molecule has 0 radical (unpaired) electrons. The fraction of sp³-hybridized carbons (Fsp3) is 0.200. The summed E-state index contributed by atoms with van der Waals surface area (Å²) in [5.74, 6) is 0. The number of aliphatic hydroxyl groups is 1. The zero-order valence-corrected chi connectivity index (χ0v) is 13.1. The zero-order chi connectivity index (χ0) is 13.2. The third-order valence-electron chi connectivity index (χ3n) is 2.20. The van der Waals surface area contributed by atoms with Gasteiger partial charge in [0.2, 0.25) is 10.0 Å². The van der Waals surface area contributed by atoms with Crippen molar-refractivity contribution in [2.24, 2.45) is 0 Å². The zero-order valence-electron chi connectivity index (χ0n) is 9.09. The minimum Gasteiger partial charge on any atom is -0.391 e. The first-order valence-electron chi connectivity index (χ1n) is 4.93. The van der Waals surface area contributed by atoms with Gasteiger partial charge in [-0.3, -0.25) is 0 Å². The summed E-state index contributed by atoms with van der Waals surface area (Å²) in [6, 6.07) is 3.35. The van der Waals surface area contributed by atoms with E-state index in [9.17, 15) is 8.42 Å². The Kier molecular flexibility index (Phi) is 4.57. The van der Waals surface area contributed by atoms with Crippen molar-refractivity contribution in [2.75, 3.05) is 0 Å². The van der Waals surface area contributed by atoms with E-state index in [-0.39, 0.29) is 18.0 Å². The molecule has 2 rings (SSSR count). The molecule has 0 saturated heterocycles. The largest absolute Gasteiger partial charge is 0.391 e. The lowest BCUT2D eigenvalue weighted by Gasteiger charge is -2.04. The number of hydrogen-bond acceptors (Lipinski definition) is 5. The Hall–Kier alpha value is -0.250. The summed E-state index contributed by atoms with van der Waals surface area (Å²) in [6.45, 7) is 0.103. The summed E-state index contributed by atoms with van der Waals surface area (Å²) in [5, 5.41) is 12.8. The molecule has 0 amide bonds. The van der Waals surface area contributed by atoms with Gasteiger partial charge in [-0.2, -0.15) is 11.3 Å². The van der Waals surface area contributed by atoms with Gasteiger partial charge < -0.3 is 5.11 Å². The van der Waals surface area contributed by atoms with Crippen molar-refractivity contribution in [2.45, 2.75) is 18.0 Å². The van der Waals surface area contributed by atoms with Gasteiger partial charge >= 0.3 is 0 Å². The fourth-order valence-electron chi connectivity index (χ4n) is 1.31. The van der Waals surface area contributed by atoms with Crippen molar-refractivity contribution in [1.82, 2.24) is 4.72 Å². The van der Waals surface area contributed by atoms with Crippen LogP contribution in [-0.4, -0.2) is 13.5 Å². The van der Waals surface area contributed by atoms with Gasteiger partial charge in [0.25, 0.3) is 0 Å². The first-order valence-corrected chi connectivity index (χ1v) is 8.96. The Morgan fingerprint density at radius 2 is 2.22 bits per heavy atom. The second-order valence-corrected chi connectivity index (χ2v) is 8.43. The van der Waals surface area contributed by atoms with Gasteiger partial charge in [0, 0.05) is 11.4 Å². The molecule has 0 aliphatic heterocycles. The lowest BCUT2D eigenvalue weighted by Crippen LogP contribution is -2.22. The molecule has 0 aliphatic rings. The molecule has 0 bridgehead atoms. The molecule has 2 N–H and O–H groups in total. The van der Waals surface area contributed by atoms with Crippen molar-refractivity contribution in [1.29, 1.82) is 0 Å². The van der Waals surface area contributed by atoms with Crippen molar-refractivity contribution >= 4 is 48.6 Å². The number of rotatable bonds is 5. The number of aliphatic hydroxyl groups excluding tert-OH is 1. The van der Waals surface area contributed by atoms with Gasteiger partial charge in [0.15, 0.2) is 0 Å². The summed E-state index contributed by atoms with van der Waals surface area (Å²) in [6.07, 6.45) is 0. The van der Waals surface area contributed by atoms with Crippen molar-refractivity contribution in [3.8, 4) is 0 Å². The molecule has 0 spiro atoms. The summed E-state index contributed by atoms with van der Waals surface area (Å²) < 4.78 is 27.2. The minimum absolute atomic E-state index is 0.163. The molecule has 0 aliphatic carbocycles. The van der Waals surface area contributed by atoms with Crippen LogP contribution in [-0.2, 0) is 23.2 Å². The SMILES string of the molecule is O=S(=O)(NCc1ccsc1)c1cc(CO)sc1Br. The number of halogens is 1. The third kappa shape index (κ3) is 3.19. The van der Waals surface area contributed by atoms with Crippen LogP contribution in [0.3, 0.4) is 0 Å². The van der Waals surface area contributed by atoms with Crippen LogP contribution in [0.2, 0.25) is 0 Å². The Morgan fingerprint density at radius 1 is 1.44 bits per heavy atom. The molecular formula is C10H10BrNO3S3. The van der Waals surface area contributed by atoms with E-state index in [1.807, 2.05) is 16.8 Å². The monoisotopic (exact) mass is 367 g/mol. The molecule has 98 valence electrons. The lowest BCUT2D eigenvalue weighted by atomic mass is 10.4. The molecule has 8 heteroatoms. The Labute approximate surface area is 121 Å². The molecular weight excluding hydrogens is 358 g/mol. The number of sulfonamides is 1. The topological polar surface area (TPSA) is 66.4 Å². The van der Waals surface area contributed by atoms with Crippen LogP contribution < -0.4 is 4.72 Å². The predicted molar refractivity (Wildman–Crippen MR) is 76.3 cm³/mol. The van der Waals surface area contributed by atoms with Crippen LogP contribution in [0.1, 0.15) is 10.4 Å². The van der Waals surface area contributed by atoms with Crippen LogP contribution in [0.25, 0.3) is 0 Å². The van der Waals surface area contributed by atoms with E-state index >= 15 is 0 Å². The maximum absolute atomic E-state index is 12.1. The predicted octanol–water partition coefficient (Wildman–Crippen LogP) is 2.54. The first kappa shape index (κ1) is 14.2. The van der Waals surface area contributed by atoms with Gasteiger partial charge in [-0.1, -0.05) is 0 Å². The van der Waals surface area contributed by atoms with Crippen molar-refractivity contribution < 1.29 is 13.5 Å². The van der Waals surface area contributed by atoms with E-state index in [2.05, 4.69) is 20.7 Å². The number of hydrogen-bond donors (Lipinski definition) is 2. The maximum Gasteiger partial charge on any atom is 0.242 e. The van der Waals surface area contributed by atoms with E-state index < -0.39 is 10.0 Å². The van der Waals surface area contributed by atoms with Gasteiger partial charge in [-0.05, 0) is 44.4 Å². The van der Waals surface area contributed by atoms with Crippen LogP contribution in [0.5, 0.6) is 0 Å². The van der Waals surface area contributed by atoms with Gasteiger partial charge in [-0.15, -0.1) is 11.3 Å². The molecule has 0 saturated carbocycles. The van der Waals surface area contributed by atoms with E-state index in [4.69, 9.17) is 5.11 Å². The van der Waals surface area contributed by atoms with Crippen molar-refractivity contribution in [3.63, 3.8) is 0 Å². The van der Waals surface area contributed by atoms with E-state index in [0.29, 0.717) is 8.66 Å². The molecule has 2 aromatic heterocycles. The lowest BCUT2D eigenvalue weighted by molar-refractivity contribution is 0.285. The maximum atomic E-state index is 12.1. The van der Waals surface area contributed by atoms with E-state index in [1.165, 1.54) is 28.7 Å². The molecule has 2 aromatic rings. The highest BCUT2D eigenvalue weighted by Gasteiger charge is 2.20. The van der Waals surface area contributed by atoms with Crippen LogP contribution in [0.15, 0.2) is 31.6 Å².